The van der Waals surface area contributed by atoms with E-state index < -0.39 is 5.97 Å². The number of rotatable bonds is 12. The Hall–Kier alpha value is -4.36. The smallest absolute Gasteiger partial charge is 0.303 e. The van der Waals surface area contributed by atoms with Crippen molar-refractivity contribution in [1.82, 2.24) is 9.55 Å². The van der Waals surface area contributed by atoms with E-state index in [1.165, 1.54) is 0 Å². The predicted octanol–water partition coefficient (Wildman–Crippen LogP) is 7.32. The standard InChI is InChI=1S/C32H30N2O4S/c1-2-37-28-15-23(16-29(17-28)38-21-27-22-39-32(33-27)25-11-7-4-8-12-25)18-34-19-26(13-14-31(35)36)30(20-34)24-9-5-3-6-10-24/h3-12,15-17,19-20,22H,2,13-14,18,21H2,1H3,(H,35,36). The molecule has 0 atom stereocenters. The minimum absolute atomic E-state index is 0.0876. The molecule has 0 aliphatic carbocycles. The molecule has 0 saturated carbocycles. The zero-order valence-electron chi connectivity index (χ0n) is 21.7. The first-order valence-electron chi connectivity index (χ1n) is 12.9. The van der Waals surface area contributed by atoms with Crippen LogP contribution in [-0.4, -0.2) is 27.2 Å². The van der Waals surface area contributed by atoms with E-state index in [2.05, 4.69) is 22.9 Å². The third-order valence-electron chi connectivity index (χ3n) is 6.23. The van der Waals surface area contributed by atoms with Crippen LogP contribution in [0.3, 0.4) is 0 Å². The largest absolute Gasteiger partial charge is 0.494 e. The van der Waals surface area contributed by atoms with E-state index in [1.807, 2.05) is 85.2 Å². The van der Waals surface area contributed by atoms with E-state index in [-0.39, 0.29) is 6.42 Å². The Morgan fingerprint density at radius 2 is 1.62 bits per heavy atom. The molecule has 5 aromatic rings. The fourth-order valence-corrected chi connectivity index (χ4v) is 5.29. The lowest BCUT2D eigenvalue weighted by molar-refractivity contribution is -0.136. The molecular formula is C32H30N2O4S. The number of carboxylic acids is 1. The molecule has 0 radical (unpaired) electrons. The zero-order chi connectivity index (χ0) is 27.0. The van der Waals surface area contributed by atoms with E-state index in [0.717, 1.165) is 44.3 Å². The van der Waals surface area contributed by atoms with E-state index in [0.29, 0.717) is 31.9 Å². The number of carbonyl (C=O) groups is 1. The number of carboxylic acid groups (broad SMARTS) is 1. The van der Waals surface area contributed by atoms with E-state index >= 15 is 0 Å². The van der Waals surface area contributed by atoms with Gasteiger partial charge in [-0.3, -0.25) is 4.79 Å². The topological polar surface area (TPSA) is 73.6 Å². The van der Waals surface area contributed by atoms with Gasteiger partial charge >= 0.3 is 5.97 Å². The van der Waals surface area contributed by atoms with E-state index in [1.54, 1.807) is 11.3 Å². The Morgan fingerprint density at radius 3 is 2.31 bits per heavy atom. The van der Waals surface area contributed by atoms with Crippen LogP contribution in [0, 0.1) is 0 Å². The van der Waals surface area contributed by atoms with Crippen LogP contribution in [0.5, 0.6) is 11.5 Å². The number of aromatic nitrogens is 2. The summed E-state index contributed by atoms with van der Waals surface area (Å²) in [5.41, 5.74) is 6.13. The van der Waals surface area contributed by atoms with Gasteiger partial charge in [0.2, 0.25) is 0 Å². The lowest BCUT2D eigenvalue weighted by atomic mass is 10.0. The first kappa shape index (κ1) is 26.3. The summed E-state index contributed by atoms with van der Waals surface area (Å²) in [5.74, 6) is 0.658. The number of ether oxygens (including phenoxy) is 2. The number of hydrogen-bond acceptors (Lipinski definition) is 5. The molecule has 5 rings (SSSR count). The van der Waals surface area contributed by atoms with Gasteiger partial charge in [-0.05, 0) is 42.2 Å². The first-order valence-corrected chi connectivity index (χ1v) is 13.8. The van der Waals surface area contributed by atoms with Gasteiger partial charge in [0.05, 0.1) is 12.3 Å². The lowest BCUT2D eigenvalue weighted by Gasteiger charge is -2.12. The first-order chi connectivity index (χ1) is 19.1. The number of aryl methyl sites for hydroxylation is 1. The molecule has 3 aromatic carbocycles. The summed E-state index contributed by atoms with van der Waals surface area (Å²) < 4.78 is 14.1. The number of hydrogen-bond donors (Lipinski definition) is 1. The molecule has 7 heteroatoms. The average molecular weight is 539 g/mol. The van der Waals surface area contributed by atoms with Crippen LogP contribution in [0.1, 0.15) is 30.2 Å². The molecule has 6 nitrogen and oxygen atoms in total. The molecule has 0 saturated heterocycles. The Labute approximate surface area is 232 Å². The summed E-state index contributed by atoms with van der Waals surface area (Å²) in [7, 11) is 0. The van der Waals surface area contributed by atoms with Gasteiger partial charge in [0.25, 0.3) is 0 Å². The molecule has 0 fully saturated rings. The third-order valence-corrected chi connectivity index (χ3v) is 7.17. The van der Waals surface area contributed by atoms with Crippen molar-refractivity contribution in [1.29, 1.82) is 0 Å². The molecule has 0 bridgehead atoms. The third kappa shape index (κ3) is 6.94. The van der Waals surface area contributed by atoms with Gasteiger partial charge < -0.3 is 19.1 Å². The highest BCUT2D eigenvalue weighted by Gasteiger charge is 2.13. The van der Waals surface area contributed by atoms with Crippen molar-refractivity contribution >= 4 is 17.3 Å². The number of thiazole rings is 1. The van der Waals surface area contributed by atoms with Gasteiger partial charge in [0, 0.05) is 47.9 Å². The average Bonchev–Trinajstić information content (AvgIpc) is 3.59. The Bertz CT molecular complexity index is 1530. The second kappa shape index (κ2) is 12.5. The summed E-state index contributed by atoms with van der Waals surface area (Å²) in [6, 6.07) is 26.1. The van der Waals surface area contributed by atoms with Crippen LogP contribution in [0.25, 0.3) is 21.7 Å². The lowest BCUT2D eigenvalue weighted by Crippen LogP contribution is -2.02. The van der Waals surface area contributed by atoms with Crippen molar-refractivity contribution in [2.45, 2.75) is 32.9 Å². The molecule has 0 amide bonds. The summed E-state index contributed by atoms with van der Waals surface area (Å²) in [4.78, 5) is 16.0. The molecule has 0 unspecified atom stereocenters. The second-order valence-electron chi connectivity index (χ2n) is 9.17. The Morgan fingerprint density at radius 1 is 0.923 bits per heavy atom. The van der Waals surface area contributed by atoms with Crippen LogP contribution in [0.4, 0.5) is 0 Å². The van der Waals surface area contributed by atoms with Crippen molar-refractivity contribution in [3.63, 3.8) is 0 Å². The summed E-state index contributed by atoms with van der Waals surface area (Å²) in [6.45, 7) is 3.47. The molecule has 2 aromatic heterocycles. The number of benzene rings is 3. The number of aliphatic carboxylic acids is 1. The van der Waals surface area contributed by atoms with Crippen LogP contribution >= 0.6 is 11.3 Å². The van der Waals surface area contributed by atoms with Gasteiger partial charge in [-0.1, -0.05) is 60.7 Å². The van der Waals surface area contributed by atoms with E-state index in [4.69, 9.17) is 14.5 Å². The fourth-order valence-electron chi connectivity index (χ4n) is 4.48. The molecule has 2 heterocycles. The quantitative estimate of drug-likeness (QED) is 0.180. The highest BCUT2D eigenvalue weighted by atomic mass is 32.1. The van der Waals surface area contributed by atoms with Gasteiger partial charge in [0.1, 0.15) is 23.1 Å². The normalized spacial score (nSPS) is 10.9. The Kier molecular flexibility index (Phi) is 8.39. The van der Waals surface area contributed by atoms with Crippen molar-refractivity contribution in [3.05, 3.63) is 113 Å². The van der Waals surface area contributed by atoms with Crippen LogP contribution < -0.4 is 9.47 Å². The van der Waals surface area contributed by atoms with Crippen LogP contribution in [0.2, 0.25) is 0 Å². The molecule has 39 heavy (non-hydrogen) atoms. The monoisotopic (exact) mass is 538 g/mol. The van der Waals surface area contributed by atoms with Gasteiger partial charge in [-0.15, -0.1) is 11.3 Å². The molecule has 0 aliphatic rings. The van der Waals surface area contributed by atoms with Crippen LogP contribution in [0.15, 0.2) is 96.6 Å². The predicted molar refractivity (Wildman–Crippen MR) is 154 cm³/mol. The molecular weight excluding hydrogens is 508 g/mol. The van der Waals surface area contributed by atoms with Crippen molar-refractivity contribution in [2.24, 2.45) is 0 Å². The maximum absolute atomic E-state index is 11.3. The minimum Gasteiger partial charge on any atom is -0.494 e. The summed E-state index contributed by atoms with van der Waals surface area (Å²) >= 11 is 1.61. The van der Waals surface area contributed by atoms with Crippen molar-refractivity contribution in [2.75, 3.05) is 6.61 Å². The molecule has 0 spiro atoms. The SMILES string of the molecule is CCOc1cc(Cn2cc(CCC(=O)O)c(-c3ccccc3)c2)cc(OCc2csc(-c3ccccc3)n2)c1. The zero-order valence-corrected chi connectivity index (χ0v) is 22.6. The fraction of sp³-hybridized carbons (Fsp3) is 0.188. The van der Waals surface area contributed by atoms with E-state index in [9.17, 15) is 9.90 Å². The van der Waals surface area contributed by atoms with Gasteiger partial charge in [-0.25, -0.2) is 4.98 Å². The van der Waals surface area contributed by atoms with Crippen LogP contribution in [-0.2, 0) is 24.4 Å². The highest BCUT2D eigenvalue weighted by Crippen LogP contribution is 2.29. The second-order valence-corrected chi connectivity index (χ2v) is 10.0. The summed E-state index contributed by atoms with van der Waals surface area (Å²) in [6.07, 6.45) is 4.68. The molecule has 1 N–H and O–H groups in total. The Balaban J connectivity index is 1.35. The summed E-state index contributed by atoms with van der Waals surface area (Å²) in [5, 5.41) is 12.2. The minimum atomic E-state index is -0.802. The van der Waals surface area contributed by atoms with Crippen molar-refractivity contribution in [3.8, 4) is 33.2 Å². The highest BCUT2D eigenvalue weighted by molar-refractivity contribution is 7.13. The van der Waals surface area contributed by atoms with Gasteiger partial charge in [0.15, 0.2) is 0 Å². The number of nitrogens with zero attached hydrogens (tertiary/aromatic N) is 2. The van der Waals surface area contributed by atoms with Crippen molar-refractivity contribution < 1.29 is 19.4 Å². The maximum Gasteiger partial charge on any atom is 0.303 e. The molecule has 198 valence electrons. The molecule has 0 aliphatic heterocycles. The maximum atomic E-state index is 11.3. The van der Waals surface area contributed by atoms with Gasteiger partial charge in [-0.2, -0.15) is 0 Å².